The number of nitrogens with zero attached hydrogens (tertiary/aromatic N) is 1. The van der Waals surface area contributed by atoms with Gasteiger partial charge in [-0.1, -0.05) is 38.5 Å². The molecule has 0 saturated heterocycles. The molecule has 1 unspecified atom stereocenters. The second-order valence-electron chi connectivity index (χ2n) is 9.26. The molecule has 0 spiro atoms. The summed E-state index contributed by atoms with van der Waals surface area (Å²) in [6, 6.07) is 1.88. The average Bonchev–Trinajstić information content (AvgIpc) is 2.79. The third-order valence-electron chi connectivity index (χ3n) is 6.51. The van der Waals surface area contributed by atoms with Crippen LogP contribution in [0.2, 0.25) is 6.04 Å². The molecule has 32 heavy (non-hydrogen) atoms. The molecule has 4 N–H and O–H groups in total. The highest BCUT2D eigenvalue weighted by molar-refractivity contribution is 6.60. The Labute approximate surface area is 198 Å². The van der Waals surface area contributed by atoms with Gasteiger partial charge in [0.1, 0.15) is 0 Å². The summed E-state index contributed by atoms with van der Waals surface area (Å²) in [5.74, 6) is 0.973. The van der Waals surface area contributed by atoms with E-state index in [1.807, 2.05) is 20.8 Å². The number of hydrogen-bond donors (Lipinski definition) is 3. The van der Waals surface area contributed by atoms with E-state index in [2.05, 4.69) is 10.6 Å². The first-order chi connectivity index (χ1) is 15.6. The number of hydrogen-bond acceptors (Lipinski definition) is 5. The first-order valence-electron chi connectivity index (χ1n) is 13.4. The summed E-state index contributed by atoms with van der Waals surface area (Å²) >= 11 is 0. The van der Waals surface area contributed by atoms with Crippen LogP contribution in [-0.4, -0.2) is 59.3 Å². The van der Waals surface area contributed by atoms with Crippen LogP contribution in [0.1, 0.15) is 97.8 Å². The van der Waals surface area contributed by atoms with Gasteiger partial charge in [-0.2, -0.15) is 0 Å². The summed E-state index contributed by atoms with van der Waals surface area (Å²) in [7, 11) is -2.58. The molecule has 0 bridgehead atoms. The minimum absolute atomic E-state index is 0.0660. The number of guanidine groups is 1. The van der Waals surface area contributed by atoms with Crippen LogP contribution >= 0.6 is 0 Å². The molecule has 2 saturated carbocycles. The van der Waals surface area contributed by atoms with Crippen molar-refractivity contribution in [1.29, 1.82) is 0 Å². The predicted octanol–water partition coefficient (Wildman–Crippen LogP) is 4.34. The van der Waals surface area contributed by atoms with Gasteiger partial charge in [0.25, 0.3) is 0 Å². The summed E-state index contributed by atoms with van der Waals surface area (Å²) in [6.07, 6.45) is 14.7. The van der Waals surface area contributed by atoms with Gasteiger partial charge in [-0.25, -0.2) is 4.99 Å². The molecular formula is C24H50N4O3Si. The van der Waals surface area contributed by atoms with E-state index in [0.29, 0.717) is 31.9 Å². The molecule has 0 radical (unpaired) electrons. The van der Waals surface area contributed by atoms with Crippen molar-refractivity contribution >= 4 is 14.8 Å². The van der Waals surface area contributed by atoms with Gasteiger partial charge in [-0.05, 0) is 59.3 Å². The molecule has 0 amide bonds. The molecule has 0 heterocycles. The number of nitrogens with one attached hydrogen (secondary N) is 2. The van der Waals surface area contributed by atoms with Gasteiger partial charge in [0.05, 0.1) is 6.04 Å². The van der Waals surface area contributed by atoms with Crippen LogP contribution in [-0.2, 0) is 13.3 Å². The van der Waals surface area contributed by atoms with Gasteiger partial charge in [-0.3, -0.25) is 0 Å². The van der Waals surface area contributed by atoms with E-state index in [-0.39, 0.29) is 6.04 Å². The van der Waals surface area contributed by atoms with Gasteiger partial charge >= 0.3 is 8.80 Å². The molecule has 0 aromatic rings. The van der Waals surface area contributed by atoms with E-state index in [0.717, 1.165) is 31.4 Å². The van der Waals surface area contributed by atoms with Crippen LogP contribution in [0, 0.1) is 0 Å². The molecule has 2 aliphatic carbocycles. The standard InChI is InChI=1S/C24H50N4O3Si/c1-4-29-32(30-5-2,31-6-3)19-13-14-21(25)20-26-24(27-22-15-9-7-10-16-22)28-23-17-11-8-12-18-23/h21-23H,4-20,25H2,1-3H3,(H2,26,27,28). The summed E-state index contributed by atoms with van der Waals surface area (Å²) in [5.41, 5.74) is 6.49. The van der Waals surface area contributed by atoms with Crippen LogP contribution in [0.5, 0.6) is 0 Å². The van der Waals surface area contributed by atoms with Crippen LogP contribution in [0.15, 0.2) is 4.99 Å². The number of nitrogens with two attached hydrogens (primary N) is 1. The van der Waals surface area contributed by atoms with E-state index in [1.165, 1.54) is 64.2 Å². The summed E-state index contributed by atoms with van der Waals surface area (Å²) in [5, 5.41) is 7.29. The van der Waals surface area contributed by atoms with Crippen molar-refractivity contribution in [2.75, 3.05) is 26.4 Å². The van der Waals surface area contributed by atoms with Crippen LogP contribution in [0.25, 0.3) is 0 Å². The van der Waals surface area contributed by atoms with Crippen molar-refractivity contribution in [1.82, 2.24) is 10.6 Å². The van der Waals surface area contributed by atoms with Crippen molar-refractivity contribution in [2.45, 2.75) is 122 Å². The maximum absolute atomic E-state index is 6.49. The molecule has 0 aliphatic heterocycles. The molecule has 8 heteroatoms. The van der Waals surface area contributed by atoms with Crippen molar-refractivity contribution in [3.63, 3.8) is 0 Å². The molecule has 0 aromatic heterocycles. The van der Waals surface area contributed by atoms with Crippen molar-refractivity contribution < 1.29 is 13.3 Å². The second-order valence-corrected chi connectivity index (χ2v) is 12.0. The Bertz CT molecular complexity index is 494. The van der Waals surface area contributed by atoms with Gasteiger partial charge in [0.15, 0.2) is 5.96 Å². The minimum Gasteiger partial charge on any atom is -0.374 e. The highest BCUT2D eigenvalue weighted by Crippen LogP contribution is 2.22. The molecule has 188 valence electrons. The van der Waals surface area contributed by atoms with Crippen LogP contribution in [0.3, 0.4) is 0 Å². The van der Waals surface area contributed by atoms with E-state index in [9.17, 15) is 0 Å². The first kappa shape index (κ1) is 27.6. The van der Waals surface area contributed by atoms with Gasteiger partial charge in [-0.15, -0.1) is 0 Å². The molecule has 7 nitrogen and oxygen atoms in total. The first-order valence-corrected chi connectivity index (χ1v) is 15.3. The fourth-order valence-corrected chi connectivity index (χ4v) is 7.52. The van der Waals surface area contributed by atoms with E-state index < -0.39 is 8.80 Å². The third kappa shape index (κ3) is 10.5. The minimum atomic E-state index is -2.58. The normalized spacial score (nSPS) is 20.3. The van der Waals surface area contributed by atoms with Crippen molar-refractivity contribution in [2.24, 2.45) is 10.7 Å². The number of rotatable bonds is 14. The molecular weight excluding hydrogens is 420 g/mol. The summed E-state index contributed by atoms with van der Waals surface area (Å²) in [6.45, 7) is 8.60. The predicted molar refractivity (Wildman–Crippen MR) is 135 cm³/mol. The maximum Gasteiger partial charge on any atom is 0.500 e. The zero-order valence-corrected chi connectivity index (χ0v) is 22.0. The monoisotopic (exact) mass is 470 g/mol. The summed E-state index contributed by atoms with van der Waals surface area (Å²) in [4.78, 5) is 5.08. The topological polar surface area (TPSA) is 90.1 Å². The third-order valence-corrected chi connectivity index (χ3v) is 9.67. The Balaban J connectivity index is 1.83. The Hall–Kier alpha value is -0.673. The molecule has 2 fully saturated rings. The zero-order valence-electron chi connectivity index (χ0n) is 21.0. The quantitative estimate of drug-likeness (QED) is 0.199. The van der Waals surface area contributed by atoms with Crippen LogP contribution < -0.4 is 16.4 Å². The van der Waals surface area contributed by atoms with Crippen molar-refractivity contribution in [3.8, 4) is 0 Å². The lowest BCUT2D eigenvalue weighted by Crippen LogP contribution is -2.48. The van der Waals surface area contributed by atoms with Gasteiger partial charge in [0, 0.05) is 44.5 Å². The second kappa shape index (κ2) is 16.0. The maximum atomic E-state index is 6.49. The lowest BCUT2D eigenvalue weighted by Gasteiger charge is -2.29. The highest BCUT2D eigenvalue weighted by Gasteiger charge is 2.39. The molecule has 2 rings (SSSR count). The van der Waals surface area contributed by atoms with E-state index in [4.69, 9.17) is 24.0 Å². The lowest BCUT2D eigenvalue weighted by molar-refractivity contribution is 0.0706. The molecule has 2 aliphatic rings. The number of aliphatic imine (C=N–C) groups is 1. The Morgan fingerprint density at radius 2 is 1.47 bits per heavy atom. The fourth-order valence-electron chi connectivity index (χ4n) is 4.88. The fraction of sp³-hybridized carbons (Fsp3) is 0.958. The Morgan fingerprint density at radius 3 is 2.03 bits per heavy atom. The zero-order chi connectivity index (χ0) is 23.1. The largest absolute Gasteiger partial charge is 0.500 e. The average molecular weight is 471 g/mol. The Morgan fingerprint density at radius 1 is 0.906 bits per heavy atom. The molecule has 1 atom stereocenters. The van der Waals surface area contributed by atoms with Gasteiger partial charge < -0.3 is 29.6 Å². The van der Waals surface area contributed by atoms with Crippen LogP contribution in [0.4, 0.5) is 0 Å². The highest BCUT2D eigenvalue weighted by atomic mass is 28.4. The molecule has 0 aromatic carbocycles. The lowest BCUT2D eigenvalue weighted by atomic mass is 9.95. The van der Waals surface area contributed by atoms with Gasteiger partial charge in [0.2, 0.25) is 0 Å². The van der Waals surface area contributed by atoms with E-state index in [1.54, 1.807) is 0 Å². The van der Waals surface area contributed by atoms with Crippen molar-refractivity contribution in [3.05, 3.63) is 0 Å². The smallest absolute Gasteiger partial charge is 0.374 e. The summed E-state index contributed by atoms with van der Waals surface area (Å²) < 4.78 is 17.9. The van der Waals surface area contributed by atoms with E-state index >= 15 is 0 Å². The Kier molecular flexibility index (Phi) is 13.8. The SMILES string of the molecule is CCO[Si](CCCC(N)CNC(=NC1CCCCC1)NC1CCCCC1)(OCC)OCC.